The molecule has 3 heterocycles. The van der Waals surface area contributed by atoms with Crippen molar-refractivity contribution in [2.24, 2.45) is 5.92 Å². The highest BCUT2D eigenvalue weighted by molar-refractivity contribution is 5.96. The molecule has 5 rings (SSSR count). The molecule has 8 nitrogen and oxygen atoms in total. The number of halogens is 3. The highest BCUT2D eigenvalue weighted by Crippen LogP contribution is 2.42. The zero-order chi connectivity index (χ0) is 26.2. The van der Waals surface area contributed by atoms with E-state index in [9.17, 15) is 13.2 Å². The zero-order valence-corrected chi connectivity index (χ0v) is 20.5. The highest BCUT2D eigenvalue weighted by atomic mass is 19.4. The number of benzene rings is 1. The van der Waals surface area contributed by atoms with E-state index in [1.165, 1.54) is 4.90 Å². The first-order chi connectivity index (χ1) is 17.8. The van der Waals surface area contributed by atoms with Gasteiger partial charge in [-0.3, -0.25) is 15.9 Å². The normalized spacial score (nSPS) is 19.1. The van der Waals surface area contributed by atoms with Crippen molar-refractivity contribution in [3.8, 4) is 11.3 Å². The molecule has 1 aliphatic carbocycles. The number of pyridine rings is 1. The molecule has 1 aliphatic heterocycles. The summed E-state index contributed by atoms with van der Waals surface area (Å²) in [6.07, 6.45) is 0.418. The standard InChI is InChI=1S/C26H30F3N7O/c1-36(14-30)25(31)22(15-4-2-5-15)16-6-3-7-17(10-16)23-19-11-21(26(27,28)29)33-20(24(19)35-34-23)12-32-18-8-9-37-13-18/h3,6-7,10-11,14-15,18,22,30-32H,2,4-5,8-9,12-13H2,1H3,(H,34,35). The Kier molecular flexibility index (Phi) is 7.00. The van der Waals surface area contributed by atoms with E-state index in [1.807, 2.05) is 24.3 Å². The van der Waals surface area contributed by atoms with Crippen LogP contribution in [0.1, 0.15) is 48.6 Å². The molecule has 2 aliphatic rings. The van der Waals surface area contributed by atoms with Crippen LogP contribution in [0.25, 0.3) is 22.2 Å². The average Bonchev–Trinajstić information content (AvgIpc) is 3.53. The van der Waals surface area contributed by atoms with Gasteiger partial charge in [0.15, 0.2) is 0 Å². The van der Waals surface area contributed by atoms with Crippen molar-refractivity contribution in [3.05, 3.63) is 47.3 Å². The zero-order valence-electron chi connectivity index (χ0n) is 20.5. The van der Waals surface area contributed by atoms with Gasteiger partial charge in [0.2, 0.25) is 0 Å². The summed E-state index contributed by atoms with van der Waals surface area (Å²) in [6, 6.07) is 8.65. The van der Waals surface area contributed by atoms with Gasteiger partial charge in [-0.2, -0.15) is 18.3 Å². The Hall–Kier alpha value is -3.31. The predicted octanol–water partition coefficient (Wildman–Crippen LogP) is 4.92. The van der Waals surface area contributed by atoms with Gasteiger partial charge in [-0.25, -0.2) is 4.98 Å². The Morgan fingerprint density at radius 1 is 1.30 bits per heavy atom. The van der Waals surface area contributed by atoms with E-state index in [2.05, 4.69) is 20.5 Å². The highest BCUT2D eigenvalue weighted by Gasteiger charge is 2.35. The van der Waals surface area contributed by atoms with E-state index in [-0.39, 0.29) is 24.2 Å². The van der Waals surface area contributed by atoms with Crippen molar-refractivity contribution >= 4 is 23.1 Å². The number of likely N-dealkylation sites (N-methyl/N-ethyl adjacent to an activating group) is 1. The minimum Gasteiger partial charge on any atom is -0.380 e. The third-order valence-electron chi connectivity index (χ3n) is 7.42. The van der Waals surface area contributed by atoms with Gasteiger partial charge in [-0.15, -0.1) is 0 Å². The topological polar surface area (TPSA) is 114 Å². The van der Waals surface area contributed by atoms with Crippen LogP contribution in [0.4, 0.5) is 13.2 Å². The van der Waals surface area contributed by atoms with Crippen LogP contribution in [0.3, 0.4) is 0 Å². The van der Waals surface area contributed by atoms with Crippen LogP contribution in [-0.2, 0) is 17.5 Å². The lowest BCUT2D eigenvalue weighted by atomic mass is 9.72. The van der Waals surface area contributed by atoms with E-state index >= 15 is 0 Å². The maximum atomic E-state index is 13.8. The monoisotopic (exact) mass is 513 g/mol. The van der Waals surface area contributed by atoms with Gasteiger partial charge in [-0.1, -0.05) is 24.6 Å². The first-order valence-corrected chi connectivity index (χ1v) is 12.4. The minimum absolute atomic E-state index is 0.0725. The van der Waals surface area contributed by atoms with Crippen molar-refractivity contribution in [2.75, 3.05) is 20.3 Å². The lowest BCUT2D eigenvalue weighted by Crippen LogP contribution is -2.36. The second kappa shape index (κ2) is 10.2. The van der Waals surface area contributed by atoms with Gasteiger partial charge in [0.1, 0.15) is 17.2 Å². The van der Waals surface area contributed by atoms with E-state index in [4.69, 9.17) is 15.6 Å². The van der Waals surface area contributed by atoms with Crippen LogP contribution in [0, 0.1) is 16.7 Å². The summed E-state index contributed by atoms with van der Waals surface area (Å²) in [4.78, 5) is 5.42. The molecule has 1 saturated carbocycles. The molecule has 3 aromatic rings. The molecule has 0 spiro atoms. The summed E-state index contributed by atoms with van der Waals surface area (Å²) >= 11 is 0. The average molecular weight is 514 g/mol. The molecule has 4 N–H and O–H groups in total. The quantitative estimate of drug-likeness (QED) is 0.252. The molecule has 1 aromatic carbocycles. The summed E-state index contributed by atoms with van der Waals surface area (Å²) in [5.74, 6) is 0.419. The molecule has 0 radical (unpaired) electrons. The Morgan fingerprint density at radius 3 is 2.76 bits per heavy atom. The largest absolute Gasteiger partial charge is 0.433 e. The number of H-pyrrole nitrogens is 1. The number of alkyl halides is 3. The fourth-order valence-electron chi connectivity index (χ4n) is 5.11. The van der Waals surface area contributed by atoms with Gasteiger partial charge in [0.25, 0.3) is 0 Å². The van der Waals surface area contributed by atoms with Crippen LogP contribution in [0.15, 0.2) is 30.3 Å². The van der Waals surface area contributed by atoms with Crippen LogP contribution >= 0.6 is 0 Å². The second-order valence-corrected chi connectivity index (χ2v) is 9.81. The van der Waals surface area contributed by atoms with Gasteiger partial charge in [-0.05, 0) is 42.9 Å². The molecule has 2 fully saturated rings. The van der Waals surface area contributed by atoms with Crippen molar-refractivity contribution in [2.45, 2.75) is 50.4 Å². The number of nitrogens with zero attached hydrogens (tertiary/aromatic N) is 3. The van der Waals surface area contributed by atoms with Crippen molar-refractivity contribution < 1.29 is 17.9 Å². The number of ether oxygens (including phenoxy) is 1. The van der Waals surface area contributed by atoms with Crippen LogP contribution in [-0.4, -0.2) is 58.6 Å². The Bertz CT molecular complexity index is 1300. The molecular weight excluding hydrogens is 483 g/mol. The predicted molar refractivity (Wildman–Crippen MR) is 135 cm³/mol. The number of hydrogen-bond acceptors (Lipinski definition) is 6. The van der Waals surface area contributed by atoms with Crippen molar-refractivity contribution in [1.82, 2.24) is 25.4 Å². The maximum absolute atomic E-state index is 13.8. The Balaban J connectivity index is 1.55. The number of rotatable bonds is 8. The smallest absolute Gasteiger partial charge is 0.380 e. The molecule has 37 heavy (non-hydrogen) atoms. The SMILES string of the molecule is CN(C=N)C(=N)C(c1cccc(-c2n[nH]c3c(CNC4CCOC4)nc(C(F)(F)F)cc23)c1)C1CCC1. The molecule has 2 unspecified atom stereocenters. The number of nitrogens with one attached hydrogen (secondary N) is 4. The molecule has 2 atom stereocenters. The molecule has 1 saturated heterocycles. The van der Waals surface area contributed by atoms with Crippen molar-refractivity contribution in [1.29, 1.82) is 10.8 Å². The third-order valence-corrected chi connectivity index (χ3v) is 7.42. The van der Waals surface area contributed by atoms with Crippen LogP contribution < -0.4 is 5.32 Å². The lowest BCUT2D eigenvalue weighted by molar-refractivity contribution is -0.141. The number of aromatic amines is 1. The van der Waals surface area contributed by atoms with E-state index in [0.717, 1.165) is 43.7 Å². The maximum Gasteiger partial charge on any atom is 0.433 e. The first kappa shape index (κ1) is 25.3. The second-order valence-electron chi connectivity index (χ2n) is 9.81. The number of aromatic nitrogens is 3. The summed E-state index contributed by atoms with van der Waals surface area (Å²) in [7, 11) is 1.69. The van der Waals surface area contributed by atoms with Gasteiger partial charge >= 0.3 is 6.18 Å². The Morgan fingerprint density at radius 2 is 2.11 bits per heavy atom. The summed E-state index contributed by atoms with van der Waals surface area (Å²) < 4.78 is 46.8. The molecule has 11 heteroatoms. The van der Waals surface area contributed by atoms with Crippen LogP contribution in [0.2, 0.25) is 0 Å². The van der Waals surface area contributed by atoms with Crippen molar-refractivity contribution in [3.63, 3.8) is 0 Å². The lowest BCUT2D eigenvalue weighted by Gasteiger charge is -2.36. The first-order valence-electron chi connectivity index (χ1n) is 12.4. The molecule has 2 aromatic heterocycles. The third kappa shape index (κ3) is 5.10. The van der Waals surface area contributed by atoms with Gasteiger partial charge in [0, 0.05) is 43.1 Å². The minimum atomic E-state index is -4.60. The fraction of sp³-hybridized carbons (Fsp3) is 0.462. The molecule has 0 amide bonds. The van der Waals surface area contributed by atoms with Gasteiger partial charge in [0.05, 0.1) is 24.2 Å². The molecule has 196 valence electrons. The van der Waals surface area contributed by atoms with E-state index in [0.29, 0.717) is 47.1 Å². The molecule has 0 bridgehead atoms. The van der Waals surface area contributed by atoms with Crippen LogP contribution in [0.5, 0.6) is 0 Å². The van der Waals surface area contributed by atoms with E-state index in [1.54, 1.807) is 7.05 Å². The summed E-state index contributed by atoms with van der Waals surface area (Å²) in [5, 5.41) is 27.2. The Labute approximate surface area is 212 Å². The number of hydrogen-bond donors (Lipinski definition) is 4. The summed E-state index contributed by atoms with van der Waals surface area (Å²) in [6.45, 7) is 1.31. The number of fused-ring (bicyclic) bond motifs is 1. The molecular formula is C26H30F3N7O. The number of amidine groups is 1. The summed E-state index contributed by atoms with van der Waals surface area (Å²) in [5.41, 5.74) is 1.74. The van der Waals surface area contributed by atoms with Gasteiger partial charge < -0.3 is 15.0 Å². The van der Waals surface area contributed by atoms with E-state index < -0.39 is 11.9 Å². The fourth-order valence-corrected chi connectivity index (χ4v) is 5.11.